The number of alkyl carbamates (subject to hydrolysis) is 1. The third-order valence-corrected chi connectivity index (χ3v) is 5.63. The van der Waals surface area contributed by atoms with Crippen LogP contribution in [0.25, 0.3) is 0 Å². The predicted octanol–water partition coefficient (Wildman–Crippen LogP) is 2.73. The molecule has 3 N–H and O–H groups in total. The van der Waals surface area contributed by atoms with Crippen LogP contribution >= 0.6 is 0 Å². The van der Waals surface area contributed by atoms with Gasteiger partial charge in [0.05, 0.1) is 6.04 Å². The van der Waals surface area contributed by atoms with Crippen molar-refractivity contribution in [2.24, 2.45) is 5.92 Å². The number of benzene rings is 1. The van der Waals surface area contributed by atoms with Gasteiger partial charge in [0, 0.05) is 6.42 Å². The number of carboxylic acid groups (broad SMARTS) is 1. The largest absolute Gasteiger partial charge is 0.480 e. The Bertz CT molecular complexity index is 922. The fraction of sp³-hybridized carbons (Fsp3) is 0.600. The van der Waals surface area contributed by atoms with E-state index in [1.165, 1.54) is 18.7 Å². The van der Waals surface area contributed by atoms with Crippen molar-refractivity contribution in [1.29, 1.82) is 0 Å². The second kappa shape index (κ2) is 10.0. The number of nitrogens with one attached hydrogen (secondary N) is 2. The first-order valence-electron chi connectivity index (χ1n) is 11.5. The zero-order chi connectivity index (χ0) is 25.9. The molecule has 188 valence electrons. The van der Waals surface area contributed by atoms with Crippen molar-refractivity contribution < 1.29 is 29.0 Å². The molecule has 3 amide bonds. The van der Waals surface area contributed by atoms with Crippen LogP contribution in [0, 0.1) is 5.92 Å². The van der Waals surface area contributed by atoms with Crippen LogP contribution in [0.3, 0.4) is 0 Å². The third kappa shape index (κ3) is 6.48. The van der Waals surface area contributed by atoms with Crippen molar-refractivity contribution in [1.82, 2.24) is 15.5 Å². The van der Waals surface area contributed by atoms with E-state index in [9.17, 15) is 24.3 Å². The van der Waals surface area contributed by atoms with Crippen molar-refractivity contribution >= 4 is 23.9 Å². The summed E-state index contributed by atoms with van der Waals surface area (Å²) in [4.78, 5) is 51.8. The molecule has 1 aliphatic heterocycles. The van der Waals surface area contributed by atoms with E-state index < -0.39 is 46.6 Å². The highest BCUT2D eigenvalue weighted by atomic mass is 16.6. The first-order valence-corrected chi connectivity index (χ1v) is 11.5. The lowest BCUT2D eigenvalue weighted by Gasteiger charge is -2.56. The lowest BCUT2D eigenvalue weighted by atomic mass is 9.71. The van der Waals surface area contributed by atoms with E-state index in [1.807, 2.05) is 44.2 Å². The molecule has 34 heavy (non-hydrogen) atoms. The Morgan fingerprint density at radius 2 is 1.71 bits per heavy atom. The van der Waals surface area contributed by atoms with Crippen molar-refractivity contribution in [2.45, 2.75) is 84.0 Å². The molecule has 0 aliphatic carbocycles. The number of β-lactam (4-membered cyclic amide) rings is 1. The maximum atomic E-state index is 13.6. The number of ether oxygens (including phenoxy) is 1. The smallest absolute Gasteiger partial charge is 0.408 e. The number of hydrogen-bond donors (Lipinski definition) is 3. The van der Waals surface area contributed by atoms with Crippen molar-refractivity contribution in [2.75, 3.05) is 6.54 Å². The number of hydrogen-bond acceptors (Lipinski definition) is 5. The molecule has 1 heterocycles. The van der Waals surface area contributed by atoms with Gasteiger partial charge in [-0.05, 0) is 52.5 Å². The molecule has 1 saturated heterocycles. The molecule has 0 bridgehead atoms. The van der Waals surface area contributed by atoms with Gasteiger partial charge in [0.15, 0.2) is 0 Å². The number of carboxylic acids is 1. The average molecular weight is 476 g/mol. The summed E-state index contributed by atoms with van der Waals surface area (Å²) in [5, 5.41) is 14.6. The fourth-order valence-electron chi connectivity index (χ4n) is 4.07. The standard InChI is InChI=1S/C25H37N3O6/c1-16(2)13-18-25(14-17-11-9-8-10-12-17,27-22(33)34-23(3,4)5)20(30)28(18)15-19(29)26-24(6,7)21(31)32/h8-12,16,18H,13-15H2,1-7H3,(H,26,29)(H,27,33)(H,31,32)/t18-,25-/m1/s1. The molecule has 0 aromatic heterocycles. The van der Waals surface area contributed by atoms with Gasteiger partial charge >= 0.3 is 12.1 Å². The molecule has 2 rings (SSSR count). The topological polar surface area (TPSA) is 125 Å². The van der Waals surface area contributed by atoms with E-state index in [-0.39, 0.29) is 18.9 Å². The van der Waals surface area contributed by atoms with Crippen molar-refractivity contribution in [3.05, 3.63) is 35.9 Å². The van der Waals surface area contributed by atoms with E-state index >= 15 is 0 Å². The first-order chi connectivity index (χ1) is 15.6. The van der Waals surface area contributed by atoms with E-state index in [0.29, 0.717) is 6.42 Å². The maximum absolute atomic E-state index is 13.6. The van der Waals surface area contributed by atoms with Crippen LogP contribution in [0.15, 0.2) is 30.3 Å². The summed E-state index contributed by atoms with van der Waals surface area (Å²) >= 11 is 0. The summed E-state index contributed by atoms with van der Waals surface area (Å²) in [6, 6.07) is 8.86. The fourth-order valence-corrected chi connectivity index (χ4v) is 4.07. The van der Waals surface area contributed by atoms with Gasteiger partial charge in [-0.1, -0.05) is 44.2 Å². The van der Waals surface area contributed by atoms with Crippen LogP contribution in [0.1, 0.15) is 60.5 Å². The number of amides is 3. The summed E-state index contributed by atoms with van der Waals surface area (Å²) in [5.41, 5.74) is -2.65. The van der Waals surface area contributed by atoms with Crippen LogP contribution in [0.2, 0.25) is 0 Å². The number of likely N-dealkylation sites (tertiary alicyclic amines) is 1. The summed E-state index contributed by atoms with van der Waals surface area (Å²) in [6.07, 6.45) is 0.0631. The molecule has 0 radical (unpaired) electrons. The monoisotopic (exact) mass is 475 g/mol. The maximum Gasteiger partial charge on any atom is 0.408 e. The van der Waals surface area contributed by atoms with Gasteiger partial charge in [-0.15, -0.1) is 0 Å². The van der Waals surface area contributed by atoms with Gasteiger partial charge in [-0.3, -0.25) is 9.59 Å². The molecule has 1 aromatic carbocycles. The third-order valence-electron chi connectivity index (χ3n) is 5.63. The number of carbonyl (C=O) groups excluding carboxylic acids is 3. The van der Waals surface area contributed by atoms with E-state index in [4.69, 9.17) is 4.74 Å². The molecule has 2 atom stereocenters. The van der Waals surface area contributed by atoms with Gasteiger partial charge in [0.1, 0.15) is 23.2 Å². The van der Waals surface area contributed by atoms with Crippen molar-refractivity contribution in [3.8, 4) is 0 Å². The highest BCUT2D eigenvalue weighted by molar-refractivity contribution is 6.00. The molecule has 1 aliphatic rings. The SMILES string of the molecule is CC(C)C[C@H]1N(CC(=O)NC(C)(C)C(=O)O)C(=O)[C@]1(Cc1ccccc1)NC(=O)OC(C)(C)C. The molecular formula is C25H37N3O6. The minimum atomic E-state index is -1.48. The number of carbonyl (C=O) groups is 4. The highest BCUT2D eigenvalue weighted by Crippen LogP contribution is 2.38. The molecular weight excluding hydrogens is 438 g/mol. The Hall–Kier alpha value is -3.10. The minimum Gasteiger partial charge on any atom is -0.480 e. The minimum absolute atomic E-state index is 0.162. The summed E-state index contributed by atoms with van der Waals surface area (Å²) in [5.74, 6) is -2.01. The molecule has 9 nitrogen and oxygen atoms in total. The predicted molar refractivity (Wildman–Crippen MR) is 127 cm³/mol. The van der Waals surface area contributed by atoms with Gasteiger partial charge in [0.2, 0.25) is 5.91 Å². The second-order valence-corrected chi connectivity index (χ2v) is 10.8. The Morgan fingerprint density at radius 1 is 1.12 bits per heavy atom. The van der Waals surface area contributed by atoms with Crippen LogP contribution in [-0.2, 0) is 25.5 Å². The van der Waals surface area contributed by atoms with E-state index in [0.717, 1.165) is 5.56 Å². The molecule has 1 aromatic rings. The van der Waals surface area contributed by atoms with E-state index in [2.05, 4.69) is 10.6 Å². The summed E-state index contributed by atoms with van der Waals surface area (Å²) in [7, 11) is 0. The van der Waals surface area contributed by atoms with Gasteiger partial charge in [-0.25, -0.2) is 9.59 Å². The molecule has 0 unspecified atom stereocenters. The lowest BCUT2D eigenvalue weighted by Crippen LogP contribution is -2.82. The normalized spacial score (nSPS) is 20.5. The molecule has 0 spiro atoms. The number of rotatable bonds is 9. The Labute approximate surface area is 201 Å². The first kappa shape index (κ1) is 27.1. The quantitative estimate of drug-likeness (QED) is 0.472. The number of nitrogens with zero attached hydrogens (tertiary/aromatic N) is 1. The Morgan fingerprint density at radius 3 is 2.21 bits per heavy atom. The zero-order valence-electron chi connectivity index (χ0n) is 21.1. The zero-order valence-corrected chi connectivity index (χ0v) is 21.1. The second-order valence-electron chi connectivity index (χ2n) is 10.8. The van der Waals surface area contributed by atoms with Crippen LogP contribution in [0.4, 0.5) is 4.79 Å². The van der Waals surface area contributed by atoms with Crippen LogP contribution < -0.4 is 10.6 Å². The summed E-state index contributed by atoms with van der Waals surface area (Å²) in [6.45, 7) is 11.7. The van der Waals surface area contributed by atoms with Crippen LogP contribution in [0.5, 0.6) is 0 Å². The van der Waals surface area contributed by atoms with Crippen LogP contribution in [-0.4, -0.2) is 63.1 Å². The molecule has 0 saturated carbocycles. The van der Waals surface area contributed by atoms with E-state index in [1.54, 1.807) is 20.8 Å². The van der Waals surface area contributed by atoms with Crippen molar-refractivity contribution in [3.63, 3.8) is 0 Å². The van der Waals surface area contributed by atoms with Gasteiger partial charge in [-0.2, -0.15) is 0 Å². The molecule has 9 heteroatoms. The number of aliphatic carboxylic acids is 1. The average Bonchev–Trinajstić information content (AvgIpc) is 2.68. The Balaban J connectivity index is 2.37. The van der Waals surface area contributed by atoms with Gasteiger partial charge in [0.25, 0.3) is 5.91 Å². The van der Waals surface area contributed by atoms with Gasteiger partial charge < -0.3 is 25.4 Å². The highest BCUT2D eigenvalue weighted by Gasteiger charge is 2.62. The summed E-state index contributed by atoms with van der Waals surface area (Å²) < 4.78 is 5.45. The molecule has 1 fully saturated rings. The lowest BCUT2D eigenvalue weighted by molar-refractivity contribution is -0.167. The Kier molecular flexibility index (Phi) is 8.01.